The number of nitrogens with zero attached hydrogens (tertiary/aromatic N) is 3. The number of hydrogen-bond donors (Lipinski definition) is 1. The number of hydrogen-bond acceptors (Lipinski definition) is 6. The smallest absolute Gasteiger partial charge is 0.263 e. The number of sulfone groups is 1. The Balaban J connectivity index is 1.65. The van der Waals surface area contributed by atoms with E-state index in [1.807, 2.05) is 43.3 Å². The summed E-state index contributed by atoms with van der Waals surface area (Å²) < 4.78 is 60.1. The van der Waals surface area contributed by atoms with Crippen LogP contribution in [0.25, 0.3) is 22.2 Å². The summed E-state index contributed by atoms with van der Waals surface area (Å²) in [4.78, 5) is 9.31. The van der Waals surface area contributed by atoms with Gasteiger partial charge < -0.3 is 4.57 Å². The largest absolute Gasteiger partial charge is 0.309 e. The van der Waals surface area contributed by atoms with E-state index >= 15 is 0 Å². The lowest BCUT2D eigenvalue weighted by Gasteiger charge is -2.15. The first kappa shape index (κ1) is 26.7. The zero-order chi connectivity index (χ0) is 28.6. The summed E-state index contributed by atoms with van der Waals surface area (Å²) in [6, 6.07) is 31.1. The minimum Gasteiger partial charge on any atom is -0.309 e. The summed E-state index contributed by atoms with van der Waals surface area (Å²) >= 11 is 0. The van der Waals surface area contributed by atoms with Gasteiger partial charge in [0.25, 0.3) is 10.0 Å². The van der Waals surface area contributed by atoms with Crippen LogP contribution in [0.2, 0.25) is 0 Å². The van der Waals surface area contributed by atoms with Crippen LogP contribution in [0, 0.1) is 6.92 Å². The summed E-state index contributed by atoms with van der Waals surface area (Å²) in [7, 11) is -8.42. The number of fused-ring (bicyclic) bond motifs is 2. The number of aryl methyl sites for hydroxylation is 3. The normalized spacial score (nSPS) is 12.1. The van der Waals surface area contributed by atoms with Gasteiger partial charge in [-0.3, -0.25) is 4.72 Å². The van der Waals surface area contributed by atoms with Crippen molar-refractivity contribution >= 4 is 47.9 Å². The van der Waals surface area contributed by atoms with Gasteiger partial charge in [-0.2, -0.15) is 0 Å². The highest BCUT2D eigenvalue weighted by Gasteiger charge is 2.33. The minimum absolute atomic E-state index is 0.0112. The number of para-hydroxylation sites is 2. The second kappa shape index (κ2) is 10.5. The fourth-order valence-corrected chi connectivity index (χ4v) is 7.45. The third kappa shape index (κ3) is 5.07. The van der Waals surface area contributed by atoms with Crippen LogP contribution < -0.4 is 4.72 Å². The molecule has 10 heteroatoms. The molecule has 0 aliphatic rings. The molecule has 0 bridgehead atoms. The average molecular weight is 583 g/mol. The Morgan fingerprint density at radius 1 is 0.683 bits per heavy atom. The predicted octanol–water partition coefficient (Wildman–Crippen LogP) is 5.77. The second-order valence-electron chi connectivity index (χ2n) is 9.68. The number of sulfonamides is 1. The number of aromatic nitrogens is 3. The molecule has 6 rings (SSSR count). The van der Waals surface area contributed by atoms with Gasteiger partial charge in [-0.15, -0.1) is 0 Å². The monoisotopic (exact) mass is 582 g/mol. The fourth-order valence-electron chi connectivity index (χ4n) is 4.75. The van der Waals surface area contributed by atoms with Crippen LogP contribution in [0.3, 0.4) is 0 Å². The highest BCUT2D eigenvalue weighted by molar-refractivity contribution is 7.93. The topological polar surface area (TPSA) is 111 Å². The Morgan fingerprint density at radius 3 is 1.93 bits per heavy atom. The van der Waals surface area contributed by atoms with Crippen molar-refractivity contribution < 1.29 is 16.8 Å². The van der Waals surface area contributed by atoms with Gasteiger partial charge in [0.05, 0.1) is 20.8 Å². The maximum Gasteiger partial charge on any atom is 0.263 e. The molecule has 0 atom stereocenters. The average Bonchev–Trinajstić information content (AvgIpc) is 3.27. The van der Waals surface area contributed by atoms with Crippen LogP contribution in [0.1, 0.15) is 11.1 Å². The molecule has 0 saturated carbocycles. The molecule has 0 amide bonds. The van der Waals surface area contributed by atoms with Crippen molar-refractivity contribution in [1.82, 2.24) is 14.5 Å². The minimum atomic E-state index is -4.24. The van der Waals surface area contributed by atoms with Crippen LogP contribution in [0.5, 0.6) is 0 Å². The van der Waals surface area contributed by atoms with Crippen LogP contribution >= 0.6 is 0 Å². The van der Waals surface area contributed by atoms with E-state index < -0.39 is 19.9 Å². The molecule has 4 aromatic carbocycles. The van der Waals surface area contributed by atoms with Gasteiger partial charge in [-0.25, -0.2) is 26.8 Å². The van der Waals surface area contributed by atoms with E-state index in [0.29, 0.717) is 17.5 Å². The van der Waals surface area contributed by atoms with Gasteiger partial charge in [0, 0.05) is 6.54 Å². The van der Waals surface area contributed by atoms with Crippen LogP contribution in [0.4, 0.5) is 5.82 Å². The van der Waals surface area contributed by atoms with Crippen LogP contribution in [0.15, 0.2) is 124 Å². The van der Waals surface area contributed by atoms with Crippen molar-refractivity contribution in [2.45, 2.75) is 34.6 Å². The first-order chi connectivity index (χ1) is 19.7. The van der Waals surface area contributed by atoms with E-state index in [-0.39, 0.29) is 38.2 Å². The molecule has 8 nitrogen and oxygen atoms in total. The Kier molecular flexibility index (Phi) is 6.80. The zero-order valence-corrected chi connectivity index (χ0v) is 23.7. The molecule has 0 fully saturated rings. The van der Waals surface area contributed by atoms with Crippen molar-refractivity contribution in [3.8, 4) is 0 Å². The molecule has 0 spiro atoms. The Bertz CT molecular complexity index is 2090. The zero-order valence-electron chi connectivity index (χ0n) is 22.1. The first-order valence-corrected chi connectivity index (χ1v) is 15.9. The third-order valence-corrected chi connectivity index (χ3v) is 10.0. The summed E-state index contributed by atoms with van der Waals surface area (Å²) in [6.07, 6.45) is 0.503. The van der Waals surface area contributed by atoms with Crippen LogP contribution in [-0.2, 0) is 32.8 Å². The molecule has 0 radical (unpaired) electrons. The molecule has 1 N–H and O–H groups in total. The Hall–Kier alpha value is -4.54. The van der Waals surface area contributed by atoms with E-state index in [9.17, 15) is 16.8 Å². The first-order valence-electron chi connectivity index (χ1n) is 13.0. The fraction of sp³-hybridized carbons (Fsp3) is 0.0968. The van der Waals surface area contributed by atoms with E-state index in [1.54, 1.807) is 53.1 Å². The number of nitrogens with one attached hydrogen (secondary N) is 1. The third-order valence-electron chi connectivity index (χ3n) is 6.86. The maximum absolute atomic E-state index is 14.2. The molecule has 41 heavy (non-hydrogen) atoms. The quantitative estimate of drug-likeness (QED) is 0.244. The lowest BCUT2D eigenvalue weighted by Crippen LogP contribution is -2.19. The second-order valence-corrected chi connectivity index (χ2v) is 13.3. The van der Waals surface area contributed by atoms with Crippen molar-refractivity contribution in [2.24, 2.45) is 0 Å². The van der Waals surface area contributed by atoms with Crippen molar-refractivity contribution in [2.75, 3.05) is 4.72 Å². The molecule has 6 aromatic rings. The molecule has 2 heterocycles. The van der Waals surface area contributed by atoms with Gasteiger partial charge in [0.2, 0.25) is 9.84 Å². The van der Waals surface area contributed by atoms with Gasteiger partial charge in [-0.05, 0) is 55.3 Å². The molecule has 0 aliphatic carbocycles. The molecular formula is C31H26N4O4S2. The summed E-state index contributed by atoms with van der Waals surface area (Å²) in [6.45, 7) is 2.11. The van der Waals surface area contributed by atoms with Crippen molar-refractivity contribution in [3.05, 3.63) is 120 Å². The van der Waals surface area contributed by atoms with Gasteiger partial charge in [0.1, 0.15) is 16.2 Å². The van der Waals surface area contributed by atoms with Gasteiger partial charge >= 0.3 is 0 Å². The number of anilines is 1. The molecule has 2 aromatic heterocycles. The lowest BCUT2D eigenvalue weighted by atomic mass is 10.1. The predicted molar refractivity (Wildman–Crippen MR) is 159 cm³/mol. The highest BCUT2D eigenvalue weighted by Crippen LogP contribution is 2.38. The van der Waals surface area contributed by atoms with E-state index in [0.717, 1.165) is 11.1 Å². The molecule has 0 saturated heterocycles. The molecular weight excluding hydrogens is 556 g/mol. The SMILES string of the molecule is Cc1ccc(S(=O)(=O)Nc2c(S(=O)(=O)c3ccccc3)c3nc4ccccc4nc3n2CCc2ccccc2)cc1. The lowest BCUT2D eigenvalue weighted by molar-refractivity contribution is 0.596. The maximum atomic E-state index is 14.2. The Morgan fingerprint density at radius 2 is 1.27 bits per heavy atom. The van der Waals surface area contributed by atoms with E-state index in [4.69, 9.17) is 9.97 Å². The highest BCUT2D eigenvalue weighted by atomic mass is 32.2. The molecule has 206 valence electrons. The summed E-state index contributed by atoms with van der Waals surface area (Å²) in [5, 5.41) is 0. The molecule has 0 aliphatic heterocycles. The molecule has 0 unspecified atom stereocenters. The van der Waals surface area contributed by atoms with Crippen molar-refractivity contribution in [1.29, 1.82) is 0 Å². The number of benzene rings is 4. The summed E-state index contributed by atoms with van der Waals surface area (Å²) in [5.74, 6) is -0.101. The van der Waals surface area contributed by atoms with Crippen LogP contribution in [-0.4, -0.2) is 31.4 Å². The van der Waals surface area contributed by atoms with Gasteiger partial charge in [-0.1, -0.05) is 78.4 Å². The van der Waals surface area contributed by atoms with Gasteiger partial charge in [0.15, 0.2) is 5.65 Å². The Labute approximate surface area is 238 Å². The summed E-state index contributed by atoms with van der Waals surface area (Å²) in [5.41, 5.74) is 3.34. The standard InChI is InChI=1S/C31H26N4O4S2/c1-22-16-18-25(19-17-22)41(38,39)34-31-29(40(36,37)24-12-6-3-7-13-24)28-30(33-27-15-9-8-14-26(27)32-28)35(31)21-20-23-10-4-2-5-11-23/h2-19,34H,20-21H2,1H3. The number of rotatable bonds is 8. The van der Waals surface area contributed by atoms with E-state index in [1.165, 1.54) is 24.3 Å². The van der Waals surface area contributed by atoms with E-state index in [2.05, 4.69) is 4.72 Å². The van der Waals surface area contributed by atoms with Crippen molar-refractivity contribution in [3.63, 3.8) is 0 Å².